The molecule has 1 aromatic heterocycles. The summed E-state index contributed by atoms with van der Waals surface area (Å²) in [5.41, 5.74) is 1.73. The van der Waals surface area contributed by atoms with Crippen molar-refractivity contribution >= 4 is 5.91 Å². The number of hydrogen-bond acceptors (Lipinski definition) is 3. The lowest BCUT2D eigenvalue weighted by molar-refractivity contribution is 0.0763. The second kappa shape index (κ2) is 7.62. The molecule has 1 aliphatic heterocycles. The van der Waals surface area contributed by atoms with E-state index in [0.717, 1.165) is 43.8 Å². The van der Waals surface area contributed by atoms with Crippen LogP contribution in [0.2, 0.25) is 0 Å². The minimum atomic E-state index is 0.0636. The zero-order valence-electron chi connectivity index (χ0n) is 14.4. The van der Waals surface area contributed by atoms with Gasteiger partial charge in [0.2, 0.25) is 0 Å². The van der Waals surface area contributed by atoms with Crippen LogP contribution in [0.15, 0.2) is 36.7 Å². The molecule has 3 rings (SSSR count). The lowest BCUT2D eigenvalue weighted by atomic mass is 10.1. The van der Waals surface area contributed by atoms with Crippen molar-refractivity contribution < 1.29 is 9.53 Å². The van der Waals surface area contributed by atoms with Crippen molar-refractivity contribution in [2.75, 3.05) is 20.2 Å². The molecule has 5 nitrogen and oxygen atoms in total. The Morgan fingerprint density at radius 3 is 2.79 bits per heavy atom. The molecular formula is C19H25N3O2. The summed E-state index contributed by atoms with van der Waals surface area (Å²) < 4.78 is 7.59. The van der Waals surface area contributed by atoms with Crippen LogP contribution in [0, 0.1) is 0 Å². The molecule has 0 saturated carbocycles. The number of imidazole rings is 1. The van der Waals surface area contributed by atoms with Gasteiger partial charge in [-0.05, 0) is 37.8 Å². The average Bonchev–Trinajstić information content (AvgIpc) is 3.26. The van der Waals surface area contributed by atoms with E-state index in [0.29, 0.717) is 11.7 Å². The Hall–Kier alpha value is -2.14. The van der Waals surface area contributed by atoms with E-state index in [1.54, 1.807) is 11.1 Å². The molecular weight excluding hydrogens is 302 g/mol. The third-order valence-electron chi connectivity index (χ3n) is 4.60. The van der Waals surface area contributed by atoms with Crippen molar-refractivity contribution in [3.05, 3.63) is 42.2 Å². The number of ether oxygens (including phenoxy) is 1. The third kappa shape index (κ3) is 3.85. The van der Waals surface area contributed by atoms with Gasteiger partial charge in [-0.15, -0.1) is 0 Å². The molecule has 2 aromatic rings. The van der Waals surface area contributed by atoms with E-state index in [2.05, 4.69) is 4.98 Å². The molecule has 0 bridgehead atoms. The van der Waals surface area contributed by atoms with E-state index >= 15 is 0 Å². The highest BCUT2D eigenvalue weighted by Gasteiger charge is 2.17. The maximum absolute atomic E-state index is 12.5. The molecule has 5 heteroatoms. The van der Waals surface area contributed by atoms with Crippen LogP contribution in [0.3, 0.4) is 0 Å². The first-order chi connectivity index (χ1) is 11.6. The molecule has 24 heavy (non-hydrogen) atoms. The Balaban J connectivity index is 1.55. The fraction of sp³-hybridized carbons (Fsp3) is 0.474. The van der Waals surface area contributed by atoms with Gasteiger partial charge < -0.3 is 14.2 Å². The third-order valence-corrected chi connectivity index (χ3v) is 4.60. The Morgan fingerprint density at radius 1 is 1.38 bits per heavy atom. The van der Waals surface area contributed by atoms with Gasteiger partial charge in [0.1, 0.15) is 5.82 Å². The first kappa shape index (κ1) is 16.7. The standard InChI is InChI=1S/C19H25N3O2/c1-21-13-11-20-18(21)15-7-9-16(10-8-15)19(23)22(2)12-3-5-17-6-4-14-24-17/h7-11,13,17H,3-6,12,14H2,1-2H3/t17-/m1/s1. The van der Waals surface area contributed by atoms with Gasteiger partial charge in [0.25, 0.3) is 5.91 Å². The highest BCUT2D eigenvalue weighted by molar-refractivity contribution is 5.94. The summed E-state index contributed by atoms with van der Waals surface area (Å²) in [5.74, 6) is 0.965. The lowest BCUT2D eigenvalue weighted by Gasteiger charge is -2.18. The number of hydrogen-bond donors (Lipinski definition) is 0. The van der Waals surface area contributed by atoms with Gasteiger partial charge in [-0.1, -0.05) is 12.1 Å². The highest BCUT2D eigenvalue weighted by atomic mass is 16.5. The van der Waals surface area contributed by atoms with E-state index < -0.39 is 0 Å². The number of amides is 1. The first-order valence-electron chi connectivity index (χ1n) is 8.60. The van der Waals surface area contributed by atoms with Crippen LogP contribution in [-0.2, 0) is 11.8 Å². The molecule has 0 radical (unpaired) electrons. The van der Waals surface area contributed by atoms with Gasteiger partial charge in [-0.25, -0.2) is 4.98 Å². The number of benzene rings is 1. The predicted molar refractivity (Wildman–Crippen MR) is 93.8 cm³/mol. The monoisotopic (exact) mass is 327 g/mol. The van der Waals surface area contributed by atoms with E-state index in [9.17, 15) is 4.79 Å². The Bertz CT molecular complexity index is 672. The molecule has 1 aromatic carbocycles. The molecule has 0 N–H and O–H groups in total. The maximum Gasteiger partial charge on any atom is 0.253 e. The topological polar surface area (TPSA) is 47.4 Å². The number of carbonyl (C=O) groups excluding carboxylic acids is 1. The normalized spacial score (nSPS) is 17.2. The van der Waals surface area contributed by atoms with Crippen molar-refractivity contribution in [2.24, 2.45) is 7.05 Å². The van der Waals surface area contributed by atoms with Crippen molar-refractivity contribution in [3.8, 4) is 11.4 Å². The molecule has 1 fully saturated rings. The molecule has 1 aliphatic rings. The Kier molecular flexibility index (Phi) is 5.30. The van der Waals surface area contributed by atoms with Crippen molar-refractivity contribution in [3.63, 3.8) is 0 Å². The highest BCUT2D eigenvalue weighted by Crippen LogP contribution is 2.19. The van der Waals surface area contributed by atoms with Crippen LogP contribution in [0.5, 0.6) is 0 Å². The van der Waals surface area contributed by atoms with E-state index in [1.165, 1.54) is 6.42 Å². The smallest absolute Gasteiger partial charge is 0.253 e. The zero-order valence-corrected chi connectivity index (χ0v) is 14.4. The van der Waals surface area contributed by atoms with Crippen LogP contribution < -0.4 is 0 Å². The largest absolute Gasteiger partial charge is 0.378 e. The van der Waals surface area contributed by atoms with Crippen LogP contribution in [0.25, 0.3) is 11.4 Å². The summed E-state index contributed by atoms with van der Waals surface area (Å²) in [5, 5.41) is 0. The molecule has 1 amide bonds. The van der Waals surface area contributed by atoms with E-state index in [-0.39, 0.29) is 5.91 Å². The summed E-state index contributed by atoms with van der Waals surface area (Å²) in [6.45, 7) is 1.65. The van der Waals surface area contributed by atoms with Gasteiger partial charge in [0.15, 0.2) is 0 Å². The summed E-state index contributed by atoms with van der Waals surface area (Å²) in [6.07, 6.45) is 8.43. The predicted octanol–water partition coefficient (Wildman–Crippen LogP) is 3.12. The second-order valence-electron chi connectivity index (χ2n) is 6.44. The first-order valence-corrected chi connectivity index (χ1v) is 8.60. The second-order valence-corrected chi connectivity index (χ2v) is 6.44. The Morgan fingerprint density at radius 2 is 2.17 bits per heavy atom. The number of aryl methyl sites for hydroxylation is 1. The molecule has 1 atom stereocenters. The maximum atomic E-state index is 12.5. The van der Waals surface area contributed by atoms with Gasteiger partial charge in [0.05, 0.1) is 6.10 Å². The van der Waals surface area contributed by atoms with Crippen LogP contribution in [0.1, 0.15) is 36.0 Å². The molecule has 2 heterocycles. The van der Waals surface area contributed by atoms with Crippen LogP contribution in [0.4, 0.5) is 0 Å². The summed E-state index contributed by atoms with van der Waals surface area (Å²) in [4.78, 5) is 18.6. The van der Waals surface area contributed by atoms with Crippen molar-refractivity contribution in [1.29, 1.82) is 0 Å². The van der Waals surface area contributed by atoms with Crippen LogP contribution in [-0.4, -0.2) is 46.7 Å². The lowest BCUT2D eigenvalue weighted by Crippen LogP contribution is -2.28. The van der Waals surface area contributed by atoms with E-state index in [1.807, 2.05) is 49.1 Å². The van der Waals surface area contributed by atoms with Gasteiger partial charge >= 0.3 is 0 Å². The average molecular weight is 327 g/mol. The fourth-order valence-corrected chi connectivity index (χ4v) is 3.16. The minimum absolute atomic E-state index is 0.0636. The summed E-state index contributed by atoms with van der Waals surface area (Å²) >= 11 is 0. The number of carbonyl (C=O) groups is 1. The van der Waals surface area contributed by atoms with Crippen molar-refractivity contribution in [1.82, 2.24) is 14.5 Å². The Labute approximate surface area is 143 Å². The molecule has 0 aliphatic carbocycles. The van der Waals surface area contributed by atoms with Gasteiger partial charge in [-0.3, -0.25) is 4.79 Å². The fourth-order valence-electron chi connectivity index (χ4n) is 3.16. The summed E-state index contributed by atoms with van der Waals surface area (Å²) in [6, 6.07) is 7.66. The number of aromatic nitrogens is 2. The van der Waals surface area contributed by atoms with Crippen LogP contribution >= 0.6 is 0 Å². The van der Waals surface area contributed by atoms with Gasteiger partial charge in [0, 0.05) is 50.8 Å². The molecule has 1 saturated heterocycles. The minimum Gasteiger partial charge on any atom is -0.378 e. The number of rotatable bonds is 6. The van der Waals surface area contributed by atoms with Gasteiger partial charge in [-0.2, -0.15) is 0 Å². The number of nitrogens with zero attached hydrogens (tertiary/aromatic N) is 3. The SMILES string of the molecule is CN(CCC[C@@H]1CCCO1)C(=O)c1ccc(-c2nccn2C)cc1. The molecule has 0 spiro atoms. The molecule has 0 unspecified atom stereocenters. The summed E-state index contributed by atoms with van der Waals surface area (Å²) in [7, 11) is 3.83. The zero-order chi connectivity index (χ0) is 16.9. The molecule has 128 valence electrons. The van der Waals surface area contributed by atoms with Crippen molar-refractivity contribution in [2.45, 2.75) is 31.8 Å². The quantitative estimate of drug-likeness (QED) is 0.819. The van der Waals surface area contributed by atoms with E-state index in [4.69, 9.17) is 4.74 Å².